The molecule has 1 aliphatic heterocycles. The van der Waals surface area contributed by atoms with Crippen molar-refractivity contribution in [2.24, 2.45) is 0 Å². The van der Waals surface area contributed by atoms with E-state index in [1.807, 2.05) is 75.4 Å². The third-order valence-electron chi connectivity index (χ3n) is 5.72. The number of hydrogen-bond acceptors (Lipinski definition) is 5. The summed E-state index contributed by atoms with van der Waals surface area (Å²) in [6.45, 7) is 6.03. The highest BCUT2D eigenvalue weighted by molar-refractivity contribution is 8.18. The van der Waals surface area contributed by atoms with Crippen molar-refractivity contribution in [3.63, 3.8) is 0 Å². The van der Waals surface area contributed by atoms with Gasteiger partial charge in [-0.3, -0.25) is 19.3 Å². The van der Waals surface area contributed by atoms with Gasteiger partial charge in [-0.2, -0.15) is 0 Å². The van der Waals surface area contributed by atoms with Crippen molar-refractivity contribution in [2.75, 3.05) is 11.9 Å². The van der Waals surface area contributed by atoms with Gasteiger partial charge >= 0.3 is 0 Å². The molecule has 1 aliphatic rings. The smallest absolute Gasteiger partial charge is 0.294 e. The van der Waals surface area contributed by atoms with Crippen molar-refractivity contribution in [1.29, 1.82) is 0 Å². The van der Waals surface area contributed by atoms with Gasteiger partial charge in [0.05, 0.1) is 4.91 Å². The van der Waals surface area contributed by atoms with Crippen molar-refractivity contribution in [3.8, 4) is 5.75 Å². The van der Waals surface area contributed by atoms with Gasteiger partial charge in [-0.1, -0.05) is 54.1 Å². The summed E-state index contributed by atoms with van der Waals surface area (Å²) in [4.78, 5) is 39.0. The average molecular weight is 487 g/mol. The Morgan fingerprint density at radius 1 is 1.00 bits per heavy atom. The maximum absolute atomic E-state index is 12.8. The molecule has 0 radical (unpaired) electrons. The number of ether oxygens (including phenoxy) is 1. The number of anilines is 1. The van der Waals surface area contributed by atoms with Crippen molar-refractivity contribution in [2.45, 2.75) is 27.4 Å². The molecule has 0 aromatic heterocycles. The van der Waals surface area contributed by atoms with Crippen LogP contribution in [0, 0.1) is 20.8 Å². The van der Waals surface area contributed by atoms with Crippen LogP contribution in [-0.2, 0) is 16.2 Å². The number of carbonyl (C=O) groups is 3. The summed E-state index contributed by atoms with van der Waals surface area (Å²) in [6, 6.07) is 21.0. The van der Waals surface area contributed by atoms with Crippen molar-refractivity contribution in [1.82, 2.24) is 4.90 Å². The Hall–Kier alpha value is -3.84. The second kappa shape index (κ2) is 10.6. The van der Waals surface area contributed by atoms with Crippen molar-refractivity contribution in [3.05, 3.63) is 99.5 Å². The van der Waals surface area contributed by atoms with Crippen LogP contribution < -0.4 is 10.1 Å². The van der Waals surface area contributed by atoms with Crippen LogP contribution in [0.5, 0.6) is 5.75 Å². The Morgan fingerprint density at radius 3 is 2.49 bits per heavy atom. The standard InChI is InChI=1S/C28H26N2O4S/c1-18-6-4-8-22(14-18)17-34-23-12-10-21(11-13-23)15-25-27(32)30(28(33)35-25)16-26(31)29-24-9-5-7-19(2)20(24)3/h4-15H,16-17H2,1-3H3,(H,29,31)/b25-15+. The predicted octanol–water partition coefficient (Wildman–Crippen LogP) is 5.87. The minimum atomic E-state index is -0.476. The van der Waals surface area contributed by atoms with E-state index < -0.39 is 17.1 Å². The maximum Gasteiger partial charge on any atom is 0.294 e. The molecule has 0 unspecified atom stereocenters. The average Bonchev–Trinajstić information content (AvgIpc) is 3.09. The third kappa shape index (κ3) is 6.00. The lowest BCUT2D eigenvalue weighted by Crippen LogP contribution is -2.36. The third-order valence-corrected chi connectivity index (χ3v) is 6.63. The van der Waals surface area contributed by atoms with E-state index in [1.165, 1.54) is 5.56 Å². The first-order valence-corrected chi connectivity index (χ1v) is 12.0. The van der Waals surface area contributed by atoms with Crippen molar-refractivity contribution < 1.29 is 19.1 Å². The number of hydrogen-bond donors (Lipinski definition) is 1. The van der Waals surface area contributed by atoms with E-state index in [2.05, 4.69) is 11.4 Å². The Morgan fingerprint density at radius 2 is 1.74 bits per heavy atom. The minimum Gasteiger partial charge on any atom is -0.489 e. The summed E-state index contributed by atoms with van der Waals surface area (Å²) in [6.07, 6.45) is 1.65. The van der Waals surface area contributed by atoms with E-state index in [0.29, 0.717) is 18.0 Å². The molecule has 1 heterocycles. The molecule has 178 valence electrons. The molecule has 4 rings (SSSR count). The zero-order valence-electron chi connectivity index (χ0n) is 19.8. The molecule has 1 saturated heterocycles. The molecule has 3 aromatic rings. The number of imide groups is 1. The molecular weight excluding hydrogens is 460 g/mol. The van der Waals surface area contributed by atoms with Gasteiger partial charge in [0, 0.05) is 5.69 Å². The molecule has 1 fully saturated rings. The lowest BCUT2D eigenvalue weighted by Gasteiger charge is -2.14. The number of carbonyl (C=O) groups excluding carboxylic acids is 3. The first kappa shape index (κ1) is 24.3. The van der Waals surface area contributed by atoms with E-state index in [0.717, 1.165) is 38.9 Å². The monoisotopic (exact) mass is 486 g/mol. The number of nitrogens with one attached hydrogen (secondary N) is 1. The zero-order chi connectivity index (χ0) is 24.9. The largest absolute Gasteiger partial charge is 0.489 e. The molecule has 7 heteroatoms. The van der Waals surface area contributed by atoms with Gasteiger partial charge in [0.2, 0.25) is 5.91 Å². The summed E-state index contributed by atoms with van der Waals surface area (Å²) in [5.41, 5.74) is 5.69. The molecule has 0 bridgehead atoms. The lowest BCUT2D eigenvalue weighted by molar-refractivity contribution is -0.127. The Bertz CT molecular complexity index is 1310. The highest BCUT2D eigenvalue weighted by Crippen LogP contribution is 2.32. The molecule has 0 saturated carbocycles. The molecular formula is C28H26N2O4S. The number of nitrogens with zero attached hydrogens (tertiary/aromatic N) is 1. The number of rotatable bonds is 7. The maximum atomic E-state index is 12.8. The fraction of sp³-hybridized carbons (Fsp3) is 0.179. The van der Waals surface area contributed by atoms with Gasteiger partial charge in [0.15, 0.2) is 0 Å². The molecule has 1 N–H and O–H groups in total. The van der Waals surface area contributed by atoms with Gasteiger partial charge in [-0.15, -0.1) is 0 Å². The molecule has 0 spiro atoms. The van der Waals surface area contributed by atoms with Gasteiger partial charge in [0.1, 0.15) is 18.9 Å². The van der Waals surface area contributed by atoms with Crippen LogP contribution in [0.2, 0.25) is 0 Å². The van der Waals surface area contributed by atoms with Gasteiger partial charge in [-0.05, 0) is 79.1 Å². The van der Waals surface area contributed by atoms with Crippen molar-refractivity contribution >= 4 is 40.6 Å². The fourth-order valence-corrected chi connectivity index (χ4v) is 4.47. The van der Waals surface area contributed by atoms with Gasteiger partial charge in [0.25, 0.3) is 11.1 Å². The number of benzene rings is 3. The number of thioether (sulfide) groups is 1. The first-order valence-electron chi connectivity index (χ1n) is 11.2. The molecule has 35 heavy (non-hydrogen) atoms. The van der Waals surface area contributed by atoms with Crippen LogP contribution in [0.3, 0.4) is 0 Å². The Balaban J connectivity index is 1.37. The fourth-order valence-electron chi connectivity index (χ4n) is 3.64. The summed E-state index contributed by atoms with van der Waals surface area (Å²) in [5, 5.41) is 2.33. The van der Waals surface area contributed by atoms with Crippen LogP contribution in [0.15, 0.2) is 71.6 Å². The molecule has 0 aliphatic carbocycles. The quantitative estimate of drug-likeness (QED) is 0.423. The minimum absolute atomic E-state index is 0.281. The number of aryl methyl sites for hydroxylation is 2. The molecule has 3 amide bonds. The number of amides is 3. The molecule has 6 nitrogen and oxygen atoms in total. The predicted molar refractivity (Wildman–Crippen MR) is 139 cm³/mol. The van der Waals surface area contributed by atoms with E-state index in [-0.39, 0.29) is 11.4 Å². The van der Waals surface area contributed by atoms with E-state index >= 15 is 0 Å². The first-order chi connectivity index (χ1) is 16.8. The normalized spacial score (nSPS) is 14.5. The van der Waals surface area contributed by atoms with Crippen LogP contribution in [0.4, 0.5) is 10.5 Å². The van der Waals surface area contributed by atoms with Crippen LogP contribution in [0.1, 0.15) is 27.8 Å². The Labute approximate surface area is 209 Å². The van der Waals surface area contributed by atoms with E-state index in [4.69, 9.17) is 4.74 Å². The summed E-state index contributed by atoms with van der Waals surface area (Å²) in [5.74, 6) is -0.187. The SMILES string of the molecule is Cc1cccc(COc2ccc(/C=C3/SC(=O)N(CC(=O)Nc4cccc(C)c4C)C3=O)cc2)c1. The van der Waals surface area contributed by atoms with Gasteiger partial charge in [-0.25, -0.2) is 0 Å². The Kier molecular flexibility index (Phi) is 7.36. The summed E-state index contributed by atoms with van der Waals surface area (Å²) < 4.78 is 5.84. The molecule has 3 aromatic carbocycles. The summed E-state index contributed by atoms with van der Waals surface area (Å²) in [7, 11) is 0. The zero-order valence-corrected chi connectivity index (χ0v) is 20.6. The van der Waals surface area contributed by atoms with Crippen LogP contribution in [0.25, 0.3) is 6.08 Å². The van der Waals surface area contributed by atoms with Gasteiger partial charge < -0.3 is 10.1 Å². The second-order valence-corrected chi connectivity index (χ2v) is 9.40. The van der Waals surface area contributed by atoms with Crippen LogP contribution >= 0.6 is 11.8 Å². The van der Waals surface area contributed by atoms with E-state index in [1.54, 1.807) is 12.1 Å². The summed E-state index contributed by atoms with van der Waals surface area (Å²) >= 11 is 0.831. The lowest BCUT2D eigenvalue weighted by atomic mass is 10.1. The highest BCUT2D eigenvalue weighted by Gasteiger charge is 2.36. The van der Waals surface area contributed by atoms with E-state index in [9.17, 15) is 14.4 Å². The topological polar surface area (TPSA) is 75.7 Å². The highest BCUT2D eigenvalue weighted by atomic mass is 32.2. The van der Waals surface area contributed by atoms with Crippen LogP contribution in [-0.4, -0.2) is 28.5 Å². The molecule has 0 atom stereocenters. The second-order valence-electron chi connectivity index (χ2n) is 8.41.